The predicted molar refractivity (Wildman–Crippen MR) is 75.7 cm³/mol. The van der Waals surface area contributed by atoms with Gasteiger partial charge in [0.15, 0.2) is 0 Å². The molecule has 0 aliphatic rings. The summed E-state index contributed by atoms with van der Waals surface area (Å²) in [6.07, 6.45) is 4.72. The van der Waals surface area contributed by atoms with Crippen LogP contribution in [0, 0.1) is 13.8 Å². The first-order valence-electron chi connectivity index (χ1n) is 6.64. The van der Waals surface area contributed by atoms with E-state index in [0.717, 1.165) is 30.5 Å². The minimum absolute atomic E-state index is 0.0586. The first-order chi connectivity index (χ1) is 9.11. The maximum absolute atomic E-state index is 12.2. The van der Waals surface area contributed by atoms with Gasteiger partial charge >= 0.3 is 0 Å². The number of hydrogen-bond donors (Lipinski definition) is 0. The van der Waals surface area contributed by atoms with Gasteiger partial charge in [-0.05, 0) is 44.4 Å². The van der Waals surface area contributed by atoms with E-state index < -0.39 is 0 Å². The Labute approximate surface area is 113 Å². The SMILES string of the molecule is CCCCc1cc(=O)n(-c2cc(C)ccn2)c(C)n1. The van der Waals surface area contributed by atoms with Crippen molar-refractivity contribution >= 4 is 0 Å². The van der Waals surface area contributed by atoms with Crippen LogP contribution in [0.5, 0.6) is 0 Å². The zero-order valence-electron chi connectivity index (χ0n) is 11.7. The molecular weight excluding hydrogens is 238 g/mol. The first kappa shape index (κ1) is 13.5. The molecule has 0 saturated carbocycles. The van der Waals surface area contributed by atoms with Crippen molar-refractivity contribution in [3.63, 3.8) is 0 Å². The lowest BCUT2D eigenvalue weighted by molar-refractivity contribution is 0.745. The number of nitrogens with zero attached hydrogens (tertiary/aromatic N) is 3. The highest BCUT2D eigenvalue weighted by Gasteiger charge is 2.08. The van der Waals surface area contributed by atoms with Crippen LogP contribution < -0.4 is 5.56 Å². The van der Waals surface area contributed by atoms with Gasteiger partial charge in [-0.2, -0.15) is 0 Å². The van der Waals surface area contributed by atoms with Crippen molar-refractivity contribution in [3.05, 3.63) is 51.8 Å². The molecule has 19 heavy (non-hydrogen) atoms. The fourth-order valence-corrected chi connectivity index (χ4v) is 2.06. The van der Waals surface area contributed by atoms with Crippen molar-refractivity contribution in [3.8, 4) is 5.82 Å². The Morgan fingerprint density at radius 1 is 1.26 bits per heavy atom. The molecule has 0 fully saturated rings. The van der Waals surface area contributed by atoms with E-state index in [2.05, 4.69) is 16.9 Å². The molecular formula is C15H19N3O. The second-order valence-electron chi connectivity index (χ2n) is 4.76. The van der Waals surface area contributed by atoms with E-state index in [0.29, 0.717) is 11.6 Å². The number of aryl methyl sites for hydroxylation is 3. The Balaban J connectivity index is 2.45. The van der Waals surface area contributed by atoms with Crippen LogP contribution in [0.4, 0.5) is 0 Å². The Kier molecular flexibility index (Phi) is 4.10. The quantitative estimate of drug-likeness (QED) is 0.845. The molecule has 0 N–H and O–H groups in total. The lowest BCUT2D eigenvalue weighted by Crippen LogP contribution is -2.23. The van der Waals surface area contributed by atoms with Gasteiger partial charge in [0.25, 0.3) is 5.56 Å². The Hall–Kier alpha value is -1.97. The standard InChI is InChI=1S/C15H19N3O/c1-4-5-6-13-10-15(19)18(12(3)17-13)14-9-11(2)7-8-16-14/h7-10H,4-6H2,1-3H3. The Morgan fingerprint density at radius 3 is 2.68 bits per heavy atom. The molecule has 2 heterocycles. The monoisotopic (exact) mass is 257 g/mol. The van der Waals surface area contributed by atoms with Crippen molar-refractivity contribution < 1.29 is 0 Å². The maximum atomic E-state index is 12.2. The Bertz CT molecular complexity index is 632. The summed E-state index contributed by atoms with van der Waals surface area (Å²) in [7, 11) is 0. The summed E-state index contributed by atoms with van der Waals surface area (Å²) in [5.74, 6) is 1.33. The summed E-state index contributed by atoms with van der Waals surface area (Å²) < 4.78 is 1.56. The van der Waals surface area contributed by atoms with Crippen molar-refractivity contribution in [2.24, 2.45) is 0 Å². The van der Waals surface area contributed by atoms with Gasteiger partial charge in [0.2, 0.25) is 0 Å². The summed E-state index contributed by atoms with van der Waals surface area (Å²) in [5.41, 5.74) is 1.89. The minimum Gasteiger partial charge on any atom is -0.269 e. The fraction of sp³-hybridized carbons (Fsp3) is 0.400. The van der Waals surface area contributed by atoms with E-state index in [9.17, 15) is 4.79 Å². The third kappa shape index (κ3) is 3.08. The van der Waals surface area contributed by atoms with Crippen LogP contribution in [0.25, 0.3) is 5.82 Å². The van der Waals surface area contributed by atoms with Crippen molar-refractivity contribution in [2.75, 3.05) is 0 Å². The molecule has 0 bridgehead atoms. The van der Waals surface area contributed by atoms with Gasteiger partial charge in [-0.1, -0.05) is 13.3 Å². The molecule has 0 aromatic carbocycles. The molecule has 0 saturated heterocycles. The largest absolute Gasteiger partial charge is 0.269 e. The molecule has 2 aromatic rings. The van der Waals surface area contributed by atoms with E-state index >= 15 is 0 Å². The van der Waals surface area contributed by atoms with Gasteiger partial charge in [-0.15, -0.1) is 0 Å². The molecule has 0 atom stereocenters. The molecule has 4 nitrogen and oxygen atoms in total. The topological polar surface area (TPSA) is 47.8 Å². The van der Waals surface area contributed by atoms with Crippen molar-refractivity contribution in [1.29, 1.82) is 0 Å². The van der Waals surface area contributed by atoms with Crippen molar-refractivity contribution in [2.45, 2.75) is 40.0 Å². The maximum Gasteiger partial charge on any atom is 0.259 e. The zero-order valence-corrected chi connectivity index (χ0v) is 11.7. The van der Waals surface area contributed by atoms with Gasteiger partial charge in [0.05, 0.1) is 0 Å². The number of hydrogen-bond acceptors (Lipinski definition) is 3. The zero-order chi connectivity index (χ0) is 13.8. The number of unbranched alkanes of at least 4 members (excludes halogenated alkanes) is 1. The second kappa shape index (κ2) is 5.78. The van der Waals surface area contributed by atoms with E-state index in [-0.39, 0.29) is 5.56 Å². The molecule has 0 aliphatic carbocycles. The van der Waals surface area contributed by atoms with Gasteiger partial charge in [-0.25, -0.2) is 14.5 Å². The summed E-state index contributed by atoms with van der Waals surface area (Å²) in [5, 5.41) is 0. The smallest absolute Gasteiger partial charge is 0.259 e. The van der Waals surface area contributed by atoms with Crippen molar-refractivity contribution in [1.82, 2.24) is 14.5 Å². The van der Waals surface area contributed by atoms with E-state index in [1.54, 1.807) is 16.8 Å². The molecule has 0 spiro atoms. The molecule has 0 unspecified atom stereocenters. The van der Waals surface area contributed by atoms with E-state index in [1.807, 2.05) is 26.0 Å². The van der Waals surface area contributed by atoms with Crippen LogP contribution in [0.15, 0.2) is 29.2 Å². The number of rotatable bonds is 4. The average Bonchev–Trinajstić information content (AvgIpc) is 2.35. The van der Waals surface area contributed by atoms with Crippen LogP contribution in [0.1, 0.15) is 36.8 Å². The highest BCUT2D eigenvalue weighted by molar-refractivity contribution is 5.28. The van der Waals surface area contributed by atoms with Crippen LogP contribution in [-0.4, -0.2) is 14.5 Å². The normalized spacial score (nSPS) is 10.7. The first-order valence-corrected chi connectivity index (χ1v) is 6.64. The molecule has 0 radical (unpaired) electrons. The van der Waals surface area contributed by atoms with Crippen LogP contribution in [0.3, 0.4) is 0 Å². The van der Waals surface area contributed by atoms with Gasteiger partial charge in [0, 0.05) is 18.0 Å². The molecule has 0 amide bonds. The summed E-state index contributed by atoms with van der Waals surface area (Å²) in [6, 6.07) is 5.42. The fourth-order valence-electron chi connectivity index (χ4n) is 2.06. The second-order valence-corrected chi connectivity index (χ2v) is 4.76. The molecule has 2 aromatic heterocycles. The van der Waals surface area contributed by atoms with E-state index in [1.165, 1.54) is 0 Å². The van der Waals surface area contributed by atoms with Gasteiger partial charge in [0.1, 0.15) is 11.6 Å². The summed E-state index contributed by atoms with van der Waals surface area (Å²) >= 11 is 0. The third-order valence-corrected chi connectivity index (χ3v) is 3.06. The number of aromatic nitrogens is 3. The lowest BCUT2D eigenvalue weighted by atomic mass is 10.2. The number of pyridine rings is 1. The molecule has 4 heteroatoms. The predicted octanol–water partition coefficient (Wildman–Crippen LogP) is 2.59. The van der Waals surface area contributed by atoms with Crippen LogP contribution >= 0.6 is 0 Å². The minimum atomic E-state index is -0.0586. The lowest BCUT2D eigenvalue weighted by Gasteiger charge is -2.10. The molecule has 0 aliphatic heterocycles. The van der Waals surface area contributed by atoms with Crippen LogP contribution in [-0.2, 0) is 6.42 Å². The molecule has 100 valence electrons. The summed E-state index contributed by atoms with van der Waals surface area (Å²) in [4.78, 5) is 21.0. The van der Waals surface area contributed by atoms with Gasteiger partial charge in [-0.3, -0.25) is 4.79 Å². The van der Waals surface area contributed by atoms with E-state index in [4.69, 9.17) is 0 Å². The third-order valence-electron chi connectivity index (χ3n) is 3.06. The van der Waals surface area contributed by atoms with Crippen LogP contribution in [0.2, 0.25) is 0 Å². The highest BCUT2D eigenvalue weighted by Crippen LogP contribution is 2.08. The average molecular weight is 257 g/mol. The van der Waals surface area contributed by atoms with Gasteiger partial charge < -0.3 is 0 Å². The summed E-state index contributed by atoms with van der Waals surface area (Å²) in [6.45, 7) is 5.96. The highest BCUT2D eigenvalue weighted by atomic mass is 16.1. The Morgan fingerprint density at radius 2 is 2.05 bits per heavy atom. The molecule has 2 rings (SSSR count).